The maximum absolute atomic E-state index is 12.1. The third-order valence-corrected chi connectivity index (χ3v) is 5.68. The van der Waals surface area contributed by atoms with Crippen molar-refractivity contribution in [3.63, 3.8) is 0 Å². The van der Waals surface area contributed by atoms with Crippen molar-refractivity contribution in [2.75, 3.05) is 23.7 Å². The molecule has 3 heterocycles. The van der Waals surface area contributed by atoms with Crippen LogP contribution in [0.2, 0.25) is 0 Å². The summed E-state index contributed by atoms with van der Waals surface area (Å²) >= 11 is 0. The fourth-order valence-corrected chi connectivity index (χ4v) is 3.88. The van der Waals surface area contributed by atoms with Gasteiger partial charge in [-0.2, -0.15) is 4.98 Å². The molecule has 0 spiro atoms. The van der Waals surface area contributed by atoms with E-state index in [1.807, 2.05) is 12.1 Å². The molecular formula is C24H29N5O4. The Hall–Kier alpha value is -3.62. The molecule has 0 aliphatic carbocycles. The number of carboxylic acid groups (broad SMARTS) is 1. The molecule has 174 valence electrons. The summed E-state index contributed by atoms with van der Waals surface area (Å²) in [4.78, 5) is 32.6. The van der Waals surface area contributed by atoms with Crippen LogP contribution in [0, 0.1) is 0 Å². The van der Waals surface area contributed by atoms with Crippen LogP contribution < -0.4 is 16.0 Å². The van der Waals surface area contributed by atoms with Crippen LogP contribution in [0.3, 0.4) is 0 Å². The highest BCUT2D eigenvalue weighted by molar-refractivity contribution is 5.79. The highest BCUT2D eigenvalue weighted by Gasteiger charge is 2.20. The van der Waals surface area contributed by atoms with Crippen molar-refractivity contribution in [1.82, 2.24) is 15.3 Å². The predicted octanol–water partition coefficient (Wildman–Crippen LogP) is 3.37. The zero-order valence-electron chi connectivity index (χ0n) is 18.5. The Bertz CT molecular complexity index is 1080. The molecule has 9 nitrogen and oxygen atoms in total. The van der Waals surface area contributed by atoms with E-state index in [1.165, 1.54) is 5.56 Å². The van der Waals surface area contributed by atoms with E-state index in [9.17, 15) is 14.7 Å². The number of hydrogen-bond acceptors (Lipinski definition) is 7. The van der Waals surface area contributed by atoms with Crippen LogP contribution in [-0.4, -0.2) is 46.1 Å². The molecule has 1 aromatic carbocycles. The third kappa shape index (κ3) is 6.21. The van der Waals surface area contributed by atoms with E-state index in [0.29, 0.717) is 17.5 Å². The van der Waals surface area contributed by atoms with Gasteiger partial charge in [0, 0.05) is 25.2 Å². The van der Waals surface area contributed by atoms with Gasteiger partial charge in [0.05, 0.1) is 0 Å². The quantitative estimate of drug-likeness (QED) is 0.327. The third-order valence-electron chi connectivity index (χ3n) is 5.68. The van der Waals surface area contributed by atoms with Crippen molar-refractivity contribution in [3.8, 4) is 0 Å². The average Bonchev–Trinajstić information content (AvgIpc) is 3.23. The fraction of sp³-hybridized carbons (Fsp3) is 0.417. The average molecular weight is 452 g/mol. The minimum Gasteiger partial charge on any atom is -0.480 e. The number of anilines is 2. The number of nitrogens with one attached hydrogen (secondary N) is 3. The van der Waals surface area contributed by atoms with Gasteiger partial charge in [-0.3, -0.25) is 4.79 Å². The Morgan fingerprint density at radius 3 is 2.88 bits per heavy atom. The molecule has 0 bridgehead atoms. The minimum atomic E-state index is -1.03. The standard InChI is InChI=1S/C24H29N5O4/c30-21(10-4-1-7-17-12-11-16-6-5-14-26-22(16)27-17)25-15-13-19(23(31)32)29-24-28-18-8-2-3-9-20(18)33-24/h2-3,8-9,11-12,19H,1,4-7,10,13-15H2,(H,25,30)(H,26,27)(H,28,29)(H,31,32). The van der Waals surface area contributed by atoms with Gasteiger partial charge >= 0.3 is 5.97 Å². The van der Waals surface area contributed by atoms with E-state index >= 15 is 0 Å². The van der Waals surface area contributed by atoms with Gasteiger partial charge in [0.25, 0.3) is 6.01 Å². The number of carbonyl (C=O) groups is 2. The Morgan fingerprint density at radius 2 is 2.03 bits per heavy atom. The molecule has 0 fully saturated rings. The molecule has 9 heteroatoms. The van der Waals surface area contributed by atoms with Gasteiger partial charge in [-0.05, 0) is 62.3 Å². The second kappa shape index (κ2) is 10.8. The molecule has 0 saturated heterocycles. The molecular weight excluding hydrogens is 422 g/mol. The minimum absolute atomic E-state index is 0.0823. The number of carboxylic acids is 1. The van der Waals surface area contributed by atoms with Gasteiger partial charge in [0.1, 0.15) is 17.4 Å². The first-order valence-corrected chi connectivity index (χ1v) is 11.4. The number of rotatable bonds is 11. The number of amides is 1. The molecule has 4 N–H and O–H groups in total. The van der Waals surface area contributed by atoms with Crippen molar-refractivity contribution in [3.05, 3.63) is 47.7 Å². The lowest BCUT2D eigenvalue weighted by atomic mass is 10.1. The number of hydrogen-bond donors (Lipinski definition) is 4. The lowest BCUT2D eigenvalue weighted by Crippen LogP contribution is -2.34. The maximum atomic E-state index is 12.1. The molecule has 1 aliphatic heterocycles. The van der Waals surface area contributed by atoms with Gasteiger partial charge in [-0.1, -0.05) is 18.2 Å². The van der Waals surface area contributed by atoms with Gasteiger partial charge in [0.2, 0.25) is 5.91 Å². The molecule has 1 atom stereocenters. The zero-order valence-corrected chi connectivity index (χ0v) is 18.5. The first-order chi connectivity index (χ1) is 16.1. The number of carbonyl (C=O) groups excluding carboxylic acids is 1. The lowest BCUT2D eigenvalue weighted by Gasteiger charge is -2.17. The predicted molar refractivity (Wildman–Crippen MR) is 125 cm³/mol. The van der Waals surface area contributed by atoms with E-state index in [1.54, 1.807) is 12.1 Å². The summed E-state index contributed by atoms with van der Waals surface area (Å²) in [5.41, 5.74) is 3.55. The van der Waals surface area contributed by atoms with Gasteiger partial charge < -0.3 is 25.5 Å². The number of pyridine rings is 1. The van der Waals surface area contributed by atoms with Gasteiger partial charge in [-0.25, -0.2) is 9.78 Å². The van der Waals surface area contributed by atoms with Crippen LogP contribution in [0.15, 0.2) is 40.8 Å². The second-order valence-electron chi connectivity index (χ2n) is 8.21. The summed E-state index contributed by atoms with van der Waals surface area (Å²) in [6.07, 6.45) is 5.28. The molecule has 1 unspecified atom stereocenters. The van der Waals surface area contributed by atoms with Gasteiger partial charge in [-0.15, -0.1) is 0 Å². The van der Waals surface area contributed by atoms with Crippen LogP contribution in [0.4, 0.5) is 11.8 Å². The number of benzene rings is 1. The number of aromatic nitrogens is 2. The number of aryl methyl sites for hydroxylation is 2. The van der Waals surface area contributed by atoms with E-state index in [-0.39, 0.29) is 24.9 Å². The Labute approximate surface area is 192 Å². The first-order valence-electron chi connectivity index (χ1n) is 11.4. The van der Waals surface area contributed by atoms with E-state index in [4.69, 9.17) is 4.42 Å². The second-order valence-corrected chi connectivity index (χ2v) is 8.21. The number of unbranched alkanes of at least 4 members (excludes halogenated alkanes) is 1. The van der Waals surface area contributed by atoms with E-state index < -0.39 is 12.0 Å². The first kappa shape index (κ1) is 22.6. The van der Waals surface area contributed by atoms with Crippen molar-refractivity contribution < 1.29 is 19.1 Å². The summed E-state index contributed by atoms with van der Waals surface area (Å²) in [6, 6.07) is 10.7. The normalized spacial score (nSPS) is 13.7. The smallest absolute Gasteiger partial charge is 0.326 e. The number of nitrogens with zero attached hydrogens (tertiary/aromatic N) is 2. The van der Waals surface area contributed by atoms with E-state index in [0.717, 1.165) is 50.2 Å². The highest BCUT2D eigenvalue weighted by Crippen LogP contribution is 2.21. The maximum Gasteiger partial charge on any atom is 0.326 e. The fourth-order valence-electron chi connectivity index (χ4n) is 3.88. The molecule has 0 radical (unpaired) electrons. The number of para-hydroxylation sites is 2. The molecule has 2 aromatic heterocycles. The van der Waals surface area contributed by atoms with Crippen LogP contribution in [0.25, 0.3) is 11.1 Å². The summed E-state index contributed by atoms with van der Waals surface area (Å²) in [7, 11) is 0. The summed E-state index contributed by atoms with van der Waals surface area (Å²) < 4.78 is 5.53. The van der Waals surface area contributed by atoms with Crippen molar-refractivity contribution in [2.45, 2.75) is 51.0 Å². The topological polar surface area (TPSA) is 129 Å². The van der Waals surface area contributed by atoms with Crippen molar-refractivity contribution >= 4 is 34.8 Å². The monoisotopic (exact) mass is 451 g/mol. The zero-order chi connectivity index (χ0) is 23.0. The van der Waals surface area contributed by atoms with Crippen LogP contribution >= 0.6 is 0 Å². The summed E-state index contributed by atoms with van der Waals surface area (Å²) in [5.74, 6) is -0.115. The van der Waals surface area contributed by atoms with Gasteiger partial charge in [0.15, 0.2) is 5.58 Å². The van der Waals surface area contributed by atoms with Crippen LogP contribution in [0.1, 0.15) is 43.4 Å². The number of aliphatic carboxylic acids is 1. The Kier molecular flexibility index (Phi) is 7.39. The highest BCUT2D eigenvalue weighted by atomic mass is 16.4. The summed E-state index contributed by atoms with van der Waals surface area (Å²) in [6.45, 7) is 1.22. The van der Waals surface area contributed by atoms with E-state index in [2.05, 4.69) is 38.1 Å². The molecule has 0 saturated carbocycles. The molecule has 3 aromatic rings. The Morgan fingerprint density at radius 1 is 1.15 bits per heavy atom. The molecule has 1 aliphatic rings. The van der Waals surface area contributed by atoms with Crippen LogP contribution in [-0.2, 0) is 22.4 Å². The lowest BCUT2D eigenvalue weighted by molar-refractivity contribution is -0.138. The molecule has 33 heavy (non-hydrogen) atoms. The number of oxazole rings is 1. The largest absolute Gasteiger partial charge is 0.480 e. The molecule has 4 rings (SSSR count). The molecule has 1 amide bonds. The summed E-state index contributed by atoms with van der Waals surface area (Å²) in [5, 5.41) is 18.4. The number of fused-ring (bicyclic) bond motifs is 2. The van der Waals surface area contributed by atoms with Crippen molar-refractivity contribution in [1.29, 1.82) is 0 Å². The van der Waals surface area contributed by atoms with Crippen LogP contribution in [0.5, 0.6) is 0 Å². The van der Waals surface area contributed by atoms with Crippen molar-refractivity contribution in [2.24, 2.45) is 0 Å². The SMILES string of the molecule is O=C(CCCCc1ccc2c(n1)NCCC2)NCCC(Nc1nc2ccccc2o1)C(=O)O. The Balaban J connectivity index is 1.15.